The number of aromatic nitrogens is 1. The molecule has 0 bridgehead atoms. The van der Waals surface area contributed by atoms with Gasteiger partial charge in [0.25, 0.3) is 0 Å². The van der Waals surface area contributed by atoms with E-state index in [1.165, 1.54) is 19.3 Å². The van der Waals surface area contributed by atoms with Crippen LogP contribution in [0, 0.1) is 0 Å². The minimum absolute atomic E-state index is 0.107. The van der Waals surface area contributed by atoms with Crippen molar-refractivity contribution < 1.29 is 4.52 Å². The summed E-state index contributed by atoms with van der Waals surface area (Å²) < 4.78 is 5.50. The number of likely N-dealkylation sites (tertiary alicyclic amines) is 1. The summed E-state index contributed by atoms with van der Waals surface area (Å²) in [7, 11) is 0. The van der Waals surface area contributed by atoms with Gasteiger partial charge in [-0.1, -0.05) is 12.1 Å². The van der Waals surface area contributed by atoms with E-state index in [4.69, 9.17) is 4.52 Å². The Morgan fingerprint density at radius 2 is 2.15 bits per heavy atom. The Morgan fingerprint density at radius 3 is 2.80 bits per heavy atom. The first-order chi connectivity index (χ1) is 9.39. The minimum atomic E-state index is 0.107. The lowest BCUT2D eigenvalue weighted by Gasteiger charge is -2.26. The molecule has 1 aromatic rings. The maximum atomic E-state index is 5.50. The fraction of sp³-hybridized carbons (Fsp3) is 0.812. The molecule has 4 nitrogen and oxygen atoms in total. The van der Waals surface area contributed by atoms with Crippen LogP contribution >= 0.6 is 0 Å². The molecule has 1 aliphatic heterocycles. The molecule has 0 amide bonds. The number of hydrogen-bond donors (Lipinski definition) is 1. The predicted molar refractivity (Wildman–Crippen MR) is 81.4 cm³/mol. The molecule has 0 radical (unpaired) electrons. The smallest absolute Gasteiger partial charge is 0.151 e. The van der Waals surface area contributed by atoms with Crippen LogP contribution in [0.5, 0.6) is 0 Å². The second-order valence-electron chi connectivity index (χ2n) is 7.05. The van der Waals surface area contributed by atoms with Crippen LogP contribution in [-0.4, -0.2) is 27.7 Å². The molecule has 2 rings (SSSR count). The van der Waals surface area contributed by atoms with Gasteiger partial charge in [0.05, 0.1) is 12.2 Å². The highest BCUT2D eigenvalue weighted by molar-refractivity contribution is 5.06. The van der Waals surface area contributed by atoms with Crippen molar-refractivity contribution in [3.8, 4) is 0 Å². The fourth-order valence-electron chi connectivity index (χ4n) is 2.90. The molecule has 0 saturated carbocycles. The monoisotopic (exact) mass is 279 g/mol. The van der Waals surface area contributed by atoms with Crippen LogP contribution in [0.3, 0.4) is 0 Å². The van der Waals surface area contributed by atoms with E-state index in [-0.39, 0.29) is 5.54 Å². The molecule has 2 heterocycles. The normalized spacial score (nSPS) is 24.4. The summed E-state index contributed by atoms with van der Waals surface area (Å²) in [4.78, 5) is 2.56. The molecule has 0 aliphatic carbocycles. The average Bonchev–Trinajstić information content (AvgIpc) is 2.95. The minimum Gasteiger partial charge on any atom is -0.360 e. The summed E-state index contributed by atoms with van der Waals surface area (Å²) in [5.41, 5.74) is 1.10. The Morgan fingerprint density at radius 1 is 1.40 bits per heavy atom. The fourth-order valence-corrected chi connectivity index (χ4v) is 2.90. The summed E-state index contributed by atoms with van der Waals surface area (Å²) in [6, 6.07) is 3.45. The SMILES string of the molecule is CCC1CCC(C)N1Cc1cc(CNC(C)(C)C)no1. The number of rotatable bonds is 5. The molecule has 4 heteroatoms. The van der Waals surface area contributed by atoms with E-state index in [9.17, 15) is 0 Å². The highest BCUT2D eigenvalue weighted by Gasteiger charge is 2.30. The van der Waals surface area contributed by atoms with Crippen molar-refractivity contribution in [3.63, 3.8) is 0 Å². The van der Waals surface area contributed by atoms with Gasteiger partial charge in [0.1, 0.15) is 0 Å². The third-order valence-electron chi connectivity index (χ3n) is 4.17. The number of hydrogen-bond acceptors (Lipinski definition) is 4. The van der Waals surface area contributed by atoms with E-state index in [2.05, 4.69) is 56.1 Å². The summed E-state index contributed by atoms with van der Waals surface area (Å²) in [5, 5.41) is 7.61. The zero-order valence-corrected chi connectivity index (χ0v) is 13.6. The first-order valence-electron chi connectivity index (χ1n) is 7.84. The molecule has 114 valence electrons. The second kappa shape index (κ2) is 6.27. The van der Waals surface area contributed by atoms with Gasteiger partial charge in [-0.05, 0) is 47.0 Å². The van der Waals surface area contributed by atoms with Crippen LogP contribution in [0.1, 0.15) is 65.3 Å². The van der Waals surface area contributed by atoms with Gasteiger partial charge in [0, 0.05) is 30.2 Å². The first-order valence-corrected chi connectivity index (χ1v) is 7.84. The summed E-state index contributed by atoms with van der Waals surface area (Å²) in [6.45, 7) is 12.7. The molecule has 1 N–H and O–H groups in total. The Balaban J connectivity index is 1.92. The van der Waals surface area contributed by atoms with Gasteiger partial charge in [0.15, 0.2) is 5.76 Å². The van der Waals surface area contributed by atoms with Crippen LogP contribution in [-0.2, 0) is 13.1 Å². The molecule has 0 aromatic carbocycles. The molecule has 0 spiro atoms. The highest BCUT2D eigenvalue weighted by atomic mass is 16.5. The van der Waals surface area contributed by atoms with Crippen LogP contribution in [0.15, 0.2) is 10.6 Å². The second-order valence-corrected chi connectivity index (χ2v) is 7.05. The molecule has 2 unspecified atom stereocenters. The first kappa shape index (κ1) is 15.5. The topological polar surface area (TPSA) is 41.3 Å². The highest BCUT2D eigenvalue weighted by Crippen LogP contribution is 2.27. The van der Waals surface area contributed by atoms with Crippen molar-refractivity contribution in [2.75, 3.05) is 0 Å². The molecule has 1 saturated heterocycles. The zero-order valence-electron chi connectivity index (χ0n) is 13.6. The Labute approximate surface area is 122 Å². The van der Waals surface area contributed by atoms with Crippen LogP contribution in [0.25, 0.3) is 0 Å². The number of nitrogens with zero attached hydrogens (tertiary/aromatic N) is 2. The van der Waals surface area contributed by atoms with Gasteiger partial charge >= 0.3 is 0 Å². The average molecular weight is 279 g/mol. The van der Waals surface area contributed by atoms with Crippen LogP contribution in [0.2, 0.25) is 0 Å². The summed E-state index contributed by atoms with van der Waals surface area (Å²) in [5.74, 6) is 0.989. The Hall–Kier alpha value is -0.870. The van der Waals surface area contributed by atoms with Crippen molar-refractivity contribution >= 4 is 0 Å². The van der Waals surface area contributed by atoms with Gasteiger partial charge in [0.2, 0.25) is 0 Å². The van der Waals surface area contributed by atoms with Crippen molar-refractivity contribution in [2.45, 2.75) is 84.6 Å². The van der Waals surface area contributed by atoms with Gasteiger partial charge in [-0.3, -0.25) is 4.90 Å². The van der Waals surface area contributed by atoms with E-state index in [1.807, 2.05) is 0 Å². The molecule has 1 aliphatic rings. The zero-order chi connectivity index (χ0) is 14.8. The van der Waals surface area contributed by atoms with Crippen molar-refractivity contribution in [2.24, 2.45) is 0 Å². The van der Waals surface area contributed by atoms with Crippen molar-refractivity contribution in [1.82, 2.24) is 15.4 Å². The Bertz CT molecular complexity index is 422. The maximum absolute atomic E-state index is 5.50. The van der Waals surface area contributed by atoms with Gasteiger partial charge in [-0.25, -0.2) is 0 Å². The molecular formula is C16H29N3O. The predicted octanol–water partition coefficient (Wildman–Crippen LogP) is 3.33. The van der Waals surface area contributed by atoms with E-state index >= 15 is 0 Å². The Kier molecular flexibility index (Phi) is 4.86. The van der Waals surface area contributed by atoms with E-state index in [0.29, 0.717) is 12.1 Å². The lowest BCUT2D eigenvalue weighted by atomic mass is 10.1. The number of nitrogens with one attached hydrogen (secondary N) is 1. The summed E-state index contributed by atoms with van der Waals surface area (Å²) >= 11 is 0. The van der Waals surface area contributed by atoms with Gasteiger partial charge < -0.3 is 9.84 Å². The van der Waals surface area contributed by atoms with E-state index in [1.54, 1.807) is 0 Å². The molecule has 1 fully saturated rings. The van der Waals surface area contributed by atoms with Crippen molar-refractivity contribution in [3.05, 3.63) is 17.5 Å². The molecule has 20 heavy (non-hydrogen) atoms. The quantitative estimate of drug-likeness (QED) is 0.897. The standard InChI is InChI=1S/C16H29N3O/c1-6-14-8-7-12(2)19(14)11-15-9-13(18-20-15)10-17-16(3,4)5/h9,12,14,17H,6-8,10-11H2,1-5H3. The lowest BCUT2D eigenvalue weighted by Crippen LogP contribution is -2.35. The third-order valence-corrected chi connectivity index (χ3v) is 4.17. The van der Waals surface area contributed by atoms with Crippen LogP contribution < -0.4 is 5.32 Å². The summed E-state index contributed by atoms with van der Waals surface area (Å²) in [6.07, 6.45) is 3.83. The van der Waals surface area contributed by atoms with E-state index in [0.717, 1.165) is 24.5 Å². The van der Waals surface area contributed by atoms with Gasteiger partial charge in [-0.15, -0.1) is 0 Å². The molecule has 1 aromatic heterocycles. The van der Waals surface area contributed by atoms with E-state index < -0.39 is 0 Å². The van der Waals surface area contributed by atoms with Crippen molar-refractivity contribution in [1.29, 1.82) is 0 Å². The van der Waals surface area contributed by atoms with Crippen LogP contribution in [0.4, 0.5) is 0 Å². The largest absolute Gasteiger partial charge is 0.360 e. The lowest BCUT2D eigenvalue weighted by molar-refractivity contribution is 0.168. The third kappa shape index (κ3) is 4.06. The van der Waals surface area contributed by atoms with Gasteiger partial charge in [-0.2, -0.15) is 0 Å². The maximum Gasteiger partial charge on any atom is 0.151 e. The molecule has 2 atom stereocenters. The molecular weight excluding hydrogens is 250 g/mol.